The van der Waals surface area contributed by atoms with Crippen molar-refractivity contribution in [2.24, 2.45) is 5.92 Å². The lowest BCUT2D eigenvalue weighted by molar-refractivity contribution is -0.124. The van der Waals surface area contributed by atoms with Crippen LogP contribution in [0, 0.1) is 5.92 Å². The van der Waals surface area contributed by atoms with Gasteiger partial charge in [0, 0.05) is 20.5 Å². The molecule has 1 aliphatic rings. The fraction of sp³-hybridized carbons (Fsp3) is 0.909. The van der Waals surface area contributed by atoms with Crippen molar-refractivity contribution in [3.63, 3.8) is 0 Å². The minimum atomic E-state index is 0.146. The van der Waals surface area contributed by atoms with Gasteiger partial charge in [0.2, 0.25) is 5.91 Å². The van der Waals surface area contributed by atoms with Crippen molar-refractivity contribution in [3.05, 3.63) is 0 Å². The molecule has 1 aliphatic carbocycles. The lowest BCUT2D eigenvalue weighted by atomic mass is 10.0. The first-order valence-corrected chi connectivity index (χ1v) is 5.65. The van der Waals surface area contributed by atoms with E-state index in [2.05, 4.69) is 5.43 Å². The van der Waals surface area contributed by atoms with E-state index in [0.717, 1.165) is 12.3 Å². The highest BCUT2D eigenvalue weighted by atomic mass is 16.2. The molecule has 1 amide bonds. The Kier molecular flexibility index (Phi) is 4.94. The van der Waals surface area contributed by atoms with E-state index in [1.165, 1.54) is 32.1 Å². The number of carbonyl (C=O) groups is 1. The molecule has 0 aromatic heterocycles. The first-order valence-electron chi connectivity index (χ1n) is 5.65. The van der Waals surface area contributed by atoms with E-state index >= 15 is 0 Å². The largest absolute Gasteiger partial charge is 0.289 e. The molecule has 82 valence electrons. The van der Waals surface area contributed by atoms with Gasteiger partial charge < -0.3 is 0 Å². The summed E-state index contributed by atoms with van der Waals surface area (Å²) in [5.41, 5.74) is 2.76. The molecule has 1 fully saturated rings. The molecule has 14 heavy (non-hydrogen) atoms. The first kappa shape index (κ1) is 11.5. The smallest absolute Gasteiger partial charge is 0.234 e. The zero-order valence-corrected chi connectivity index (χ0v) is 9.38. The second kappa shape index (κ2) is 6.02. The average Bonchev–Trinajstić information content (AvgIpc) is 2.55. The Balaban J connectivity index is 1.99. The molecule has 0 heterocycles. The Morgan fingerprint density at radius 3 is 2.57 bits per heavy atom. The third kappa shape index (κ3) is 4.61. The molecule has 0 bridgehead atoms. The zero-order valence-electron chi connectivity index (χ0n) is 9.38. The molecule has 1 N–H and O–H groups in total. The van der Waals surface area contributed by atoms with Crippen LogP contribution in [-0.2, 0) is 4.79 Å². The lowest BCUT2D eigenvalue weighted by Gasteiger charge is -2.12. The van der Waals surface area contributed by atoms with E-state index in [4.69, 9.17) is 0 Å². The standard InChI is InChI=1S/C11H22N2O/c1-13(2)12-11(14)9-5-8-10-6-3-4-7-10/h10H,3-9H2,1-2H3,(H,12,14). The first-order chi connectivity index (χ1) is 6.68. The molecule has 0 aromatic carbocycles. The van der Waals surface area contributed by atoms with Crippen LogP contribution >= 0.6 is 0 Å². The molecule has 0 atom stereocenters. The van der Waals surface area contributed by atoms with Gasteiger partial charge in [-0.25, -0.2) is 5.01 Å². The predicted molar refractivity (Wildman–Crippen MR) is 57.6 cm³/mol. The Morgan fingerprint density at radius 2 is 2.00 bits per heavy atom. The second-order valence-corrected chi connectivity index (χ2v) is 4.47. The summed E-state index contributed by atoms with van der Waals surface area (Å²) in [6.45, 7) is 0. The third-order valence-electron chi connectivity index (χ3n) is 2.84. The van der Waals surface area contributed by atoms with E-state index in [0.29, 0.717) is 6.42 Å². The molecule has 3 heteroatoms. The van der Waals surface area contributed by atoms with Crippen molar-refractivity contribution in [2.45, 2.75) is 44.9 Å². The van der Waals surface area contributed by atoms with Crippen molar-refractivity contribution in [1.82, 2.24) is 10.4 Å². The number of hydrogen-bond donors (Lipinski definition) is 1. The molecule has 0 unspecified atom stereocenters. The molecular formula is C11H22N2O. The maximum atomic E-state index is 11.3. The van der Waals surface area contributed by atoms with Crippen LogP contribution in [0.2, 0.25) is 0 Å². The van der Waals surface area contributed by atoms with E-state index in [1.807, 2.05) is 14.1 Å². The topological polar surface area (TPSA) is 32.3 Å². The SMILES string of the molecule is CN(C)NC(=O)CCCC1CCCC1. The van der Waals surface area contributed by atoms with Gasteiger partial charge in [-0.3, -0.25) is 10.2 Å². The quantitative estimate of drug-likeness (QED) is 0.685. The summed E-state index contributed by atoms with van der Waals surface area (Å²) in [4.78, 5) is 11.3. The summed E-state index contributed by atoms with van der Waals surface area (Å²) >= 11 is 0. The monoisotopic (exact) mass is 198 g/mol. The molecule has 0 saturated heterocycles. The molecule has 1 saturated carbocycles. The van der Waals surface area contributed by atoms with Gasteiger partial charge in [-0.05, 0) is 18.8 Å². The van der Waals surface area contributed by atoms with Crippen LogP contribution in [0.3, 0.4) is 0 Å². The van der Waals surface area contributed by atoms with Gasteiger partial charge in [0.05, 0.1) is 0 Å². The number of hydrazine groups is 1. The minimum Gasteiger partial charge on any atom is -0.289 e. The van der Waals surface area contributed by atoms with Crippen molar-refractivity contribution >= 4 is 5.91 Å². The van der Waals surface area contributed by atoms with E-state index in [9.17, 15) is 4.79 Å². The van der Waals surface area contributed by atoms with Gasteiger partial charge in [0.25, 0.3) is 0 Å². The number of carbonyl (C=O) groups excluding carboxylic acids is 1. The summed E-state index contributed by atoms with van der Waals surface area (Å²) in [6, 6.07) is 0. The van der Waals surface area contributed by atoms with Crippen LogP contribution in [-0.4, -0.2) is 25.0 Å². The number of hydrogen-bond acceptors (Lipinski definition) is 2. The molecular weight excluding hydrogens is 176 g/mol. The Morgan fingerprint density at radius 1 is 1.36 bits per heavy atom. The van der Waals surface area contributed by atoms with Crippen molar-refractivity contribution in [3.8, 4) is 0 Å². The van der Waals surface area contributed by atoms with Gasteiger partial charge in [-0.15, -0.1) is 0 Å². The number of nitrogens with one attached hydrogen (secondary N) is 1. The summed E-state index contributed by atoms with van der Waals surface area (Å²) in [5, 5.41) is 1.71. The number of amides is 1. The van der Waals surface area contributed by atoms with Gasteiger partial charge in [-0.1, -0.05) is 25.7 Å². The number of rotatable bonds is 5. The van der Waals surface area contributed by atoms with Gasteiger partial charge in [0.15, 0.2) is 0 Å². The molecule has 3 nitrogen and oxygen atoms in total. The molecule has 0 aromatic rings. The maximum absolute atomic E-state index is 11.3. The van der Waals surface area contributed by atoms with Crippen LogP contribution in [0.4, 0.5) is 0 Å². The van der Waals surface area contributed by atoms with Crippen molar-refractivity contribution in [1.29, 1.82) is 0 Å². The Labute approximate surface area is 86.8 Å². The van der Waals surface area contributed by atoms with Gasteiger partial charge in [0.1, 0.15) is 0 Å². The Bertz CT molecular complexity index is 174. The van der Waals surface area contributed by atoms with Gasteiger partial charge >= 0.3 is 0 Å². The normalized spacial score (nSPS) is 17.6. The highest BCUT2D eigenvalue weighted by molar-refractivity contribution is 5.75. The highest BCUT2D eigenvalue weighted by Crippen LogP contribution is 2.28. The predicted octanol–water partition coefficient (Wildman–Crippen LogP) is 1.94. The van der Waals surface area contributed by atoms with Crippen LogP contribution in [0.1, 0.15) is 44.9 Å². The summed E-state index contributed by atoms with van der Waals surface area (Å²) in [6.07, 6.45) is 8.52. The van der Waals surface area contributed by atoms with Crippen LogP contribution < -0.4 is 5.43 Å². The molecule has 0 aliphatic heterocycles. The van der Waals surface area contributed by atoms with E-state index in [1.54, 1.807) is 5.01 Å². The maximum Gasteiger partial charge on any atom is 0.234 e. The van der Waals surface area contributed by atoms with Crippen LogP contribution in [0.15, 0.2) is 0 Å². The zero-order chi connectivity index (χ0) is 10.4. The average molecular weight is 198 g/mol. The fourth-order valence-corrected chi connectivity index (χ4v) is 2.16. The van der Waals surface area contributed by atoms with Crippen LogP contribution in [0.25, 0.3) is 0 Å². The van der Waals surface area contributed by atoms with E-state index in [-0.39, 0.29) is 5.91 Å². The van der Waals surface area contributed by atoms with Crippen LogP contribution in [0.5, 0.6) is 0 Å². The molecule has 1 rings (SSSR count). The highest BCUT2D eigenvalue weighted by Gasteiger charge is 2.14. The molecule has 0 radical (unpaired) electrons. The van der Waals surface area contributed by atoms with E-state index < -0.39 is 0 Å². The molecule has 0 spiro atoms. The summed E-state index contributed by atoms with van der Waals surface area (Å²) in [5.74, 6) is 1.05. The van der Waals surface area contributed by atoms with Crippen molar-refractivity contribution < 1.29 is 4.79 Å². The van der Waals surface area contributed by atoms with Gasteiger partial charge in [-0.2, -0.15) is 0 Å². The Hall–Kier alpha value is -0.570. The van der Waals surface area contributed by atoms with Crippen molar-refractivity contribution in [2.75, 3.05) is 14.1 Å². The summed E-state index contributed by atoms with van der Waals surface area (Å²) in [7, 11) is 3.68. The lowest BCUT2D eigenvalue weighted by Crippen LogP contribution is -2.35. The summed E-state index contributed by atoms with van der Waals surface area (Å²) < 4.78 is 0. The second-order valence-electron chi connectivity index (χ2n) is 4.47. The third-order valence-corrected chi connectivity index (χ3v) is 2.84. The minimum absolute atomic E-state index is 0.146. The fourth-order valence-electron chi connectivity index (χ4n) is 2.16. The number of nitrogens with zero attached hydrogens (tertiary/aromatic N) is 1.